The van der Waals surface area contributed by atoms with Crippen LogP contribution in [0.4, 0.5) is 5.69 Å². The van der Waals surface area contributed by atoms with Crippen LogP contribution in [0.25, 0.3) is 0 Å². The minimum absolute atomic E-state index is 0.165. The summed E-state index contributed by atoms with van der Waals surface area (Å²) in [6, 6.07) is 7.16. The van der Waals surface area contributed by atoms with E-state index in [4.69, 9.17) is 9.47 Å². The van der Waals surface area contributed by atoms with Crippen LogP contribution in [0.2, 0.25) is 0 Å². The number of anilines is 1. The Morgan fingerprint density at radius 3 is 2.42 bits per heavy atom. The summed E-state index contributed by atoms with van der Waals surface area (Å²) in [5, 5.41) is 4.39. The Morgan fingerprint density at radius 1 is 1.15 bits per heavy atom. The molecule has 142 valence electrons. The summed E-state index contributed by atoms with van der Waals surface area (Å²) >= 11 is 1.09. The lowest BCUT2D eigenvalue weighted by Crippen LogP contribution is -2.46. The zero-order valence-electron chi connectivity index (χ0n) is 15.0. The third-order valence-electron chi connectivity index (χ3n) is 3.66. The van der Waals surface area contributed by atoms with Crippen LogP contribution in [0.1, 0.15) is 13.8 Å². The van der Waals surface area contributed by atoms with E-state index in [1.807, 2.05) is 0 Å². The van der Waals surface area contributed by atoms with Crippen molar-refractivity contribution in [1.29, 1.82) is 0 Å². The number of nitrogens with one attached hydrogen (secondary N) is 2. The number of sulfonamides is 1. The van der Waals surface area contributed by atoms with Gasteiger partial charge in [-0.3, -0.25) is 4.79 Å². The Morgan fingerprint density at radius 2 is 1.88 bits per heavy atom. The molecule has 9 heteroatoms. The molecule has 0 aliphatic rings. The molecule has 0 aliphatic heterocycles. The summed E-state index contributed by atoms with van der Waals surface area (Å²) < 4.78 is 37.9. The fourth-order valence-corrected chi connectivity index (χ4v) is 4.60. The van der Waals surface area contributed by atoms with Gasteiger partial charge in [-0.1, -0.05) is 19.9 Å². The highest BCUT2D eigenvalue weighted by Gasteiger charge is 2.29. The molecule has 26 heavy (non-hydrogen) atoms. The minimum Gasteiger partial charge on any atom is -0.497 e. The van der Waals surface area contributed by atoms with Gasteiger partial charge in [-0.05, 0) is 29.5 Å². The van der Waals surface area contributed by atoms with Crippen LogP contribution in [0, 0.1) is 5.92 Å². The maximum atomic E-state index is 12.7. The van der Waals surface area contributed by atoms with Crippen molar-refractivity contribution in [2.45, 2.75) is 24.1 Å². The lowest BCUT2D eigenvalue weighted by molar-refractivity contribution is -0.118. The SMILES string of the molecule is COc1ccc(NC(=O)C(NS(=O)(=O)c2cccs2)C(C)C)c(OC)c1. The Hall–Kier alpha value is -2.10. The Bertz CT molecular complexity index is 848. The number of carbonyl (C=O) groups is 1. The molecule has 0 bridgehead atoms. The van der Waals surface area contributed by atoms with E-state index in [0.29, 0.717) is 17.2 Å². The van der Waals surface area contributed by atoms with Gasteiger partial charge in [0, 0.05) is 6.07 Å². The van der Waals surface area contributed by atoms with E-state index in [1.54, 1.807) is 43.5 Å². The third kappa shape index (κ3) is 4.75. The number of methoxy groups -OCH3 is 2. The van der Waals surface area contributed by atoms with Gasteiger partial charge in [0.15, 0.2) is 0 Å². The Labute approximate surface area is 157 Å². The van der Waals surface area contributed by atoms with E-state index < -0.39 is 22.0 Å². The van der Waals surface area contributed by atoms with E-state index in [1.165, 1.54) is 20.3 Å². The van der Waals surface area contributed by atoms with Crippen molar-refractivity contribution in [2.75, 3.05) is 19.5 Å². The van der Waals surface area contributed by atoms with E-state index in [-0.39, 0.29) is 10.1 Å². The van der Waals surface area contributed by atoms with Crippen molar-refractivity contribution >= 4 is 33.0 Å². The highest BCUT2D eigenvalue weighted by Crippen LogP contribution is 2.29. The number of hydrogen-bond acceptors (Lipinski definition) is 6. The second kappa shape index (κ2) is 8.52. The number of benzene rings is 1. The quantitative estimate of drug-likeness (QED) is 0.713. The summed E-state index contributed by atoms with van der Waals surface area (Å²) in [6.07, 6.45) is 0. The van der Waals surface area contributed by atoms with E-state index in [2.05, 4.69) is 10.0 Å². The van der Waals surface area contributed by atoms with Gasteiger partial charge in [0.25, 0.3) is 10.0 Å². The molecule has 0 fully saturated rings. The van der Waals surface area contributed by atoms with Crippen molar-refractivity contribution in [2.24, 2.45) is 5.92 Å². The number of amides is 1. The highest BCUT2D eigenvalue weighted by atomic mass is 32.2. The predicted molar refractivity (Wildman–Crippen MR) is 101 cm³/mol. The predicted octanol–water partition coefficient (Wildman–Crippen LogP) is 2.71. The average molecular weight is 399 g/mol. The molecule has 1 amide bonds. The third-order valence-corrected chi connectivity index (χ3v) is 6.50. The van der Waals surface area contributed by atoms with Crippen LogP contribution in [0.15, 0.2) is 39.9 Å². The van der Waals surface area contributed by atoms with Gasteiger partial charge in [0.05, 0.1) is 19.9 Å². The largest absolute Gasteiger partial charge is 0.497 e. The maximum absolute atomic E-state index is 12.7. The molecule has 1 aromatic carbocycles. The first-order valence-electron chi connectivity index (χ1n) is 7.87. The molecular weight excluding hydrogens is 376 g/mol. The first-order valence-corrected chi connectivity index (χ1v) is 10.2. The smallest absolute Gasteiger partial charge is 0.250 e. The van der Waals surface area contributed by atoms with Crippen LogP contribution in [-0.2, 0) is 14.8 Å². The average Bonchev–Trinajstić information content (AvgIpc) is 3.15. The zero-order chi connectivity index (χ0) is 19.3. The van der Waals surface area contributed by atoms with Crippen molar-refractivity contribution in [3.05, 3.63) is 35.7 Å². The summed E-state index contributed by atoms with van der Waals surface area (Å²) in [6.45, 7) is 3.54. The molecule has 0 saturated heterocycles. The lowest BCUT2D eigenvalue weighted by atomic mass is 10.0. The lowest BCUT2D eigenvalue weighted by Gasteiger charge is -2.22. The molecule has 0 radical (unpaired) electrons. The van der Waals surface area contributed by atoms with Crippen LogP contribution in [0.3, 0.4) is 0 Å². The second-order valence-electron chi connectivity index (χ2n) is 5.83. The van der Waals surface area contributed by atoms with Gasteiger partial charge in [-0.2, -0.15) is 4.72 Å². The van der Waals surface area contributed by atoms with Gasteiger partial charge in [-0.25, -0.2) is 8.42 Å². The van der Waals surface area contributed by atoms with Gasteiger partial charge >= 0.3 is 0 Å². The van der Waals surface area contributed by atoms with Gasteiger partial charge in [0.1, 0.15) is 21.8 Å². The molecule has 1 atom stereocenters. The molecular formula is C17H22N2O5S2. The molecule has 2 rings (SSSR count). The van der Waals surface area contributed by atoms with Crippen molar-refractivity contribution in [3.63, 3.8) is 0 Å². The number of ether oxygens (including phenoxy) is 2. The van der Waals surface area contributed by atoms with Gasteiger partial charge in [0.2, 0.25) is 5.91 Å². The number of rotatable bonds is 8. The molecule has 1 unspecified atom stereocenters. The summed E-state index contributed by atoms with van der Waals surface area (Å²) in [4.78, 5) is 12.7. The van der Waals surface area contributed by atoms with Gasteiger partial charge < -0.3 is 14.8 Å². The molecule has 0 aliphatic carbocycles. The standard InChI is InChI=1S/C17H22N2O5S2/c1-11(2)16(19-26(21,22)15-6-5-9-25-15)17(20)18-13-8-7-12(23-3)10-14(13)24-4/h5-11,16,19H,1-4H3,(H,18,20). The fraction of sp³-hybridized carbons (Fsp3) is 0.353. The molecule has 7 nitrogen and oxygen atoms in total. The minimum atomic E-state index is -3.77. The molecule has 1 heterocycles. The maximum Gasteiger partial charge on any atom is 0.250 e. The van der Waals surface area contributed by atoms with Crippen LogP contribution in [-0.4, -0.2) is 34.6 Å². The van der Waals surface area contributed by atoms with E-state index in [0.717, 1.165) is 11.3 Å². The summed E-state index contributed by atoms with van der Waals surface area (Å²) in [5.41, 5.74) is 0.430. The van der Waals surface area contributed by atoms with E-state index >= 15 is 0 Å². The van der Waals surface area contributed by atoms with Crippen LogP contribution in [0.5, 0.6) is 11.5 Å². The normalized spacial score (nSPS) is 12.7. The van der Waals surface area contributed by atoms with Crippen molar-refractivity contribution < 1.29 is 22.7 Å². The highest BCUT2D eigenvalue weighted by molar-refractivity contribution is 7.91. The van der Waals surface area contributed by atoms with Crippen LogP contribution >= 0.6 is 11.3 Å². The number of hydrogen-bond donors (Lipinski definition) is 2. The van der Waals surface area contributed by atoms with E-state index in [9.17, 15) is 13.2 Å². The molecule has 2 aromatic rings. The zero-order valence-corrected chi connectivity index (χ0v) is 16.6. The summed E-state index contributed by atoms with van der Waals surface area (Å²) in [7, 11) is -0.763. The second-order valence-corrected chi connectivity index (χ2v) is 8.72. The van der Waals surface area contributed by atoms with Gasteiger partial charge in [-0.15, -0.1) is 11.3 Å². The Kier molecular flexibility index (Phi) is 6.63. The molecule has 0 saturated carbocycles. The first kappa shape index (κ1) is 20.2. The van der Waals surface area contributed by atoms with Crippen LogP contribution < -0.4 is 19.5 Å². The Balaban J connectivity index is 2.22. The van der Waals surface area contributed by atoms with Crippen molar-refractivity contribution in [3.8, 4) is 11.5 Å². The monoisotopic (exact) mass is 398 g/mol. The first-order chi connectivity index (χ1) is 12.3. The fourth-order valence-electron chi connectivity index (χ4n) is 2.25. The molecule has 2 N–H and O–H groups in total. The number of carbonyl (C=O) groups excluding carboxylic acids is 1. The van der Waals surface area contributed by atoms with Crippen molar-refractivity contribution in [1.82, 2.24) is 4.72 Å². The topological polar surface area (TPSA) is 93.7 Å². The molecule has 0 spiro atoms. The number of thiophene rings is 1. The summed E-state index contributed by atoms with van der Waals surface area (Å²) in [5.74, 6) is 0.276. The molecule has 1 aromatic heterocycles.